The van der Waals surface area contributed by atoms with E-state index in [0.717, 1.165) is 30.1 Å². The van der Waals surface area contributed by atoms with Crippen LogP contribution in [0.15, 0.2) is 54.3 Å². The van der Waals surface area contributed by atoms with Gasteiger partial charge in [0.1, 0.15) is 0 Å². The molecule has 2 aromatic carbocycles. The van der Waals surface area contributed by atoms with Crippen LogP contribution in [0.5, 0.6) is 0 Å². The van der Waals surface area contributed by atoms with Gasteiger partial charge in [-0.2, -0.15) is 0 Å². The summed E-state index contributed by atoms with van der Waals surface area (Å²) in [5, 5.41) is 3.41. The highest BCUT2D eigenvalue weighted by atomic mass is 79.9. The van der Waals surface area contributed by atoms with E-state index in [1.807, 2.05) is 24.3 Å². The van der Waals surface area contributed by atoms with E-state index in [2.05, 4.69) is 81.2 Å². The topological polar surface area (TPSA) is 12.0 Å². The summed E-state index contributed by atoms with van der Waals surface area (Å²) in [5.74, 6) is 0. The van der Waals surface area contributed by atoms with Gasteiger partial charge in [-0.15, -0.1) is 0 Å². The summed E-state index contributed by atoms with van der Waals surface area (Å²) in [6, 6.07) is 12.3. The Morgan fingerprint density at radius 3 is 1.89 bits per heavy atom. The lowest BCUT2D eigenvalue weighted by molar-refractivity contribution is 1.14. The summed E-state index contributed by atoms with van der Waals surface area (Å²) in [7, 11) is 0. The molecule has 0 spiro atoms. The van der Waals surface area contributed by atoms with Crippen LogP contribution in [0.25, 0.3) is 0 Å². The Morgan fingerprint density at radius 2 is 1.33 bits per heavy atom. The quantitative estimate of drug-likeness (QED) is 0.520. The van der Waals surface area contributed by atoms with Crippen LogP contribution in [0, 0.1) is 0 Å². The predicted molar refractivity (Wildman–Crippen MR) is 91.0 cm³/mol. The zero-order valence-corrected chi connectivity index (χ0v) is 15.5. The molecule has 0 saturated heterocycles. The van der Waals surface area contributed by atoms with Crippen molar-refractivity contribution in [2.75, 3.05) is 5.32 Å². The normalized spacial score (nSPS) is 10.4. The maximum atomic E-state index is 3.55. The molecule has 0 aliphatic heterocycles. The van der Waals surface area contributed by atoms with E-state index in [0.29, 0.717) is 0 Å². The van der Waals surface area contributed by atoms with Gasteiger partial charge in [0.15, 0.2) is 0 Å². The minimum absolute atomic E-state index is 0.784. The van der Waals surface area contributed by atoms with Gasteiger partial charge in [0.05, 0.1) is 5.69 Å². The van der Waals surface area contributed by atoms with Crippen LogP contribution in [-0.4, -0.2) is 0 Å². The maximum absolute atomic E-state index is 3.55. The second-order valence-corrected chi connectivity index (χ2v) is 7.26. The fourth-order valence-corrected chi connectivity index (χ4v) is 4.31. The second-order valence-electron chi connectivity index (χ2n) is 3.72. The third kappa shape index (κ3) is 3.83. The third-order valence-corrected chi connectivity index (χ3v) is 4.63. The van der Waals surface area contributed by atoms with Crippen molar-refractivity contribution in [3.05, 3.63) is 59.9 Å². The molecule has 0 unspecified atom stereocenters. The van der Waals surface area contributed by atoms with Crippen LogP contribution in [0.1, 0.15) is 5.56 Å². The molecular formula is C13H9Br4N. The predicted octanol–water partition coefficient (Wildman–Crippen LogP) is 6.35. The molecule has 1 N–H and O–H groups in total. The van der Waals surface area contributed by atoms with Gasteiger partial charge in [-0.05, 0) is 61.7 Å². The molecule has 0 amide bonds. The summed E-state index contributed by atoms with van der Waals surface area (Å²) in [4.78, 5) is 0. The molecule has 0 atom stereocenters. The first-order chi connectivity index (χ1) is 8.56. The molecule has 94 valence electrons. The van der Waals surface area contributed by atoms with Crippen molar-refractivity contribution in [2.24, 2.45) is 0 Å². The zero-order valence-electron chi connectivity index (χ0n) is 9.18. The van der Waals surface area contributed by atoms with Crippen LogP contribution in [0.4, 0.5) is 5.69 Å². The molecular weight excluding hydrogens is 490 g/mol. The molecule has 5 heteroatoms. The van der Waals surface area contributed by atoms with Crippen LogP contribution < -0.4 is 5.32 Å². The molecule has 18 heavy (non-hydrogen) atoms. The molecule has 0 aliphatic rings. The molecule has 0 aliphatic carbocycles. The van der Waals surface area contributed by atoms with Crippen LogP contribution in [0.2, 0.25) is 0 Å². The maximum Gasteiger partial charge on any atom is 0.0632 e. The fourth-order valence-electron chi connectivity index (χ4n) is 1.50. The van der Waals surface area contributed by atoms with E-state index in [9.17, 15) is 0 Å². The van der Waals surface area contributed by atoms with Crippen molar-refractivity contribution in [2.45, 2.75) is 6.54 Å². The summed E-state index contributed by atoms with van der Waals surface area (Å²) >= 11 is 14.0. The highest BCUT2D eigenvalue weighted by Crippen LogP contribution is 2.34. The van der Waals surface area contributed by atoms with E-state index in [1.165, 1.54) is 5.56 Å². The lowest BCUT2D eigenvalue weighted by Crippen LogP contribution is -2.00. The van der Waals surface area contributed by atoms with Gasteiger partial charge >= 0.3 is 0 Å². The van der Waals surface area contributed by atoms with E-state index >= 15 is 0 Å². The number of nitrogens with one attached hydrogen (secondary N) is 1. The first kappa shape index (κ1) is 14.6. The number of rotatable bonds is 3. The molecule has 0 bridgehead atoms. The van der Waals surface area contributed by atoms with E-state index in [4.69, 9.17) is 0 Å². The van der Waals surface area contributed by atoms with Crippen molar-refractivity contribution in [1.82, 2.24) is 0 Å². The Balaban J connectivity index is 2.13. The van der Waals surface area contributed by atoms with E-state index < -0.39 is 0 Å². The molecule has 0 saturated carbocycles. The van der Waals surface area contributed by atoms with Crippen molar-refractivity contribution < 1.29 is 0 Å². The first-order valence-electron chi connectivity index (χ1n) is 5.19. The van der Waals surface area contributed by atoms with Crippen molar-refractivity contribution in [3.8, 4) is 0 Å². The van der Waals surface area contributed by atoms with Crippen LogP contribution >= 0.6 is 63.7 Å². The summed E-state index contributed by atoms with van der Waals surface area (Å²) < 4.78 is 4.19. The highest BCUT2D eigenvalue weighted by molar-refractivity contribution is 9.11. The van der Waals surface area contributed by atoms with Gasteiger partial charge in [0, 0.05) is 24.4 Å². The van der Waals surface area contributed by atoms with Gasteiger partial charge < -0.3 is 5.32 Å². The molecule has 0 aromatic heterocycles. The highest BCUT2D eigenvalue weighted by Gasteiger charge is 2.06. The summed E-state index contributed by atoms with van der Waals surface area (Å²) in [6.45, 7) is 0.784. The fraction of sp³-hybridized carbons (Fsp3) is 0.0769. The molecule has 2 rings (SSSR count). The standard InChI is InChI=1S/C13H9Br4N/c14-9-3-1-8(2-4-9)7-18-13-11(16)5-10(15)6-12(13)17/h1-6,18H,7H2. The number of hydrogen-bond donors (Lipinski definition) is 1. The molecule has 1 nitrogen and oxygen atoms in total. The lowest BCUT2D eigenvalue weighted by atomic mass is 10.2. The lowest BCUT2D eigenvalue weighted by Gasteiger charge is -2.11. The Bertz CT molecular complexity index is 528. The zero-order chi connectivity index (χ0) is 13.1. The van der Waals surface area contributed by atoms with Gasteiger partial charge in [0.25, 0.3) is 0 Å². The van der Waals surface area contributed by atoms with Gasteiger partial charge in [-0.1, -0.05) is 44.0 Å². The number of benzene rings is 2. The Morgan fingerprint density at radius 1 is 0.778 bits per heavy atom. The summed E-state index contributed by atoms with van der Waals surface area (Å²) in [5.41, 5.74) is 2.29. The number of halogens is 4. The number of anilines is 1. The van der Waals surface area contributed by atoms with E-state index in [1.54, 1.807) is 0 Å². The minimum Gasteiger partial charge on any atom is -0.379 e. The van der Waals surface area contributed by atoms with Crippen molar-refractivity contribution >= 4 is 69.4 Å². The van der Waals surface area contributed by atoms with Crippen molar-refractivity contribution in [3.63, 3.8) is 0 Å². The molecule has 0 heterocycles. The van der Waals surface area contributed by atoms with Gasteiger partial charge in [-0.25, -0.2) is 0 Å². The third-order valence-electron chi connectivity index (χ3n) is 2.39. The van der Waals surface area contributed by atoms with Gasteiger partial charge in [0.2, 0.25) is 0 Å². The largest absolute Gasteiger partial charge is 0.379 e. The monoisotopic (exact) mass is 495 g/mol. The SMILES string of the molecule is Brc1ccc(CNc2c(Br)cc(Br)cc2Br)cc1. The summed E-state index contributed by atoms with van der Waals surface area (Å²) in [6.07, 6.45) is 0. The number of hydrogen-bond acceptors (Lipinski definition) is 1. The smallest absolute Gasteiger partial charge is 0.0632 e. The average Bonchev–Trinajstić information content (AvgIpc) is 2.30. The molecule has 0 radical (unpaired) electrons. The Labute approximate surface area is 140 Å². The Hall–Kier alpha value is 0.160. The Kier molecular flexibility index (Phi) is 5.30. The molecule has 0 fully saturated rings. The van der Waals surface area contributed by atoms with E-state index in [-0.39, 0.29) is 0 Å². The first-order valence-corrected chi connectivity index (χ1v) is 8.36. The van der Waals surface area contributed by atoms with Gasteiger partial charge in [-0.3, -0.25) is 0 Å². The minimum atomic E-state index is 0.784. The van der Waals surface area contributed by atoms with Crippen LogP contribution in [-0.2, 0) is 6.54 Å². The van der Waals surface area contributed by atoms with Crippen molar-refractivity contribution in [1.29, 1.82) is 0 Å². The van der Waals surface area contributed by atoms with Crippen LogP contribution in [0.3, 0.4) is 0 Å². The second kappa shape index (κ2) is 6.55. The molecule has 2 aromatic rings. The average molecular weight is 499 g/mol.